The molecule has 0 bridgehead atoms. The minimum atomic E-state index is -3.32. The Morgan fingerprint density at radius 1 is 1.14 bits per heavy atom. The molecule has 0 aliphatic carbocycles. The minimum absolute atomic E-state index is 0.150. The van der Waals surface area contributed by atoms with Crippen molar-refractivity contribution in [1.29, 1.82) is 0 Å². The van der Waals surface area contributed by atoms with Gasteiger partial charge in [0, 0.05) is 12.1 Å². The topological polar surface area (TPSA) is 75.7 Å². The van der Waals surface area contributed by atoms with Gasteiger partial charge in [-0.15, -0.1) is 0 Å². The first-order valence-electron chi connectivity index (χ1n) is 9.38. The molecule has 6 nitrogen and oxygen atoms in total. The summed E-state index contributed by atoms with van der Waals surface area (Å²) < 4.78 is 31.5. The first-order chi connectivity index (χ1) is 13.3. The average Bonchev–Trinajstić information content (AvgIpc) is 2.68. The summed E-state index contributed by atoms with van der Waals surface area (Å²) in [5.41, 5.74) is 2.83. The van der Waals surface area contributed by atoms with Crippen LogP contribution in [0.1, 0.15) is 47.3 Å². The van der Waals surface area contributed by atoms with Gasteiger partial charge in [0.25, 0.3) is 5.91 Å². The third kappa shape index (κ3) is 4.30. The van der Waals surface area contributed by atoms with Crippen LogP contribution in [0.2, 0.25) is 0 Å². The van der Waals surface area contributed by atoms with Crippen molar-refractivity contribution in [2.75, 3.05) is 23.7 Å². The van der Waals surface area contributed by atoms with Crippen LogP contribution in [0.5, 0.6) is 5.75 Å². The molecule has 1 heterocycles. The Morgan fingerprint density at radius 2 is 1.86 bits per heavy atom. The van der Waals surface area contributed by atoms with Gasteiger partial charge in [-0.2, -0.15) is 0 Å². The Hall–Kier alpha value is -2.54. The molecule has 0 radical (unpaired) electrons. The maximum Gasteiger partial charge on any atom is 0.251 e. The zero-order valence-corrected chi connectivity index (χ0v) is 17.3. The predicted molar refractivity (Wildman–Crippen MR) is 110 cm³/mol. The number of aryl methyl sites for hydroxylation is 1. The van der Waals surface area contributed by atoms with Gasteiger partial charge >= 0.3 is 0 Å². The molecular weight excluding hydrogens is 376 g/mol. The molecule has 1 aliphatic rings. The first-order valence-corrected chi connectivity index (χ1v) is 11.0. The fraction of sp³-hybridized carbons (Fsp3) is 0.381. The molecule has 150 valence electrons. The Kier molecular flexibility index (Phi) is 5.93. The second-order valence-electron chi connectivity index (χ2n) is 7.06. The van der Waals surface area contributed by atoms with E-state index in [4.69, 9.17) is 4.74 Å². The molecule has 1 N–H and O–H groups in total. The van der Waals surface area contributed by atoms with Crippen LogP contribution < -0.4 is 14.4 Å². The van der Waals surface area contributed by atoms with Crippen LogP contribution in [-0.4, -0.2) is 33.7 Å². The quantitative estimate of drug-likeness (QED) is 0.831. The van der Waals surface area contributed by atoms with E-state index in [1.54, 1.807) is 25.3 Å². The highest BCUT2D eigenvalue weighted by Crippen LogP contribution is 2.28. The largest absolute Gasteiger partial charge is 0.497 e. The van der Waals surface area contributed by atoms with Crippen LogP contribution in [0.15, 0.2) is 42.5 Å². The molecule has 2 aromatic rings. The molecule has 28 heavy (non-hydrogen) atoms. The zero-order valence-electron chi connectivity index (χ0n) is 16.4. The number of nitrogens with one attached hydrogen (secondary N) is 1. The van der Waals surface area contributed by atoms with Crippen molar-refractivity contribution < 1.29 is 17.9 Å². The number of nitrogens with zero attached hydrogens (tertiary/aromatic N) is 1. The number of rotatable bonds is 5. The molecule has 1 fully saturated rings. The molecule has 1 atom stereocenters. The van der Waals surface area contributed by atoms with Gasteiger partial charge in [-0.05, 0) is 62.1 Å². The summed E-state index contributed by atoms with van der Waals surface area (Å²) in [5.74, 6) is 0.671. The van der Waals surface area contributed by atoms with Crippen molar-refractivity contribution in [2.45, 2.75) is 32.7 Å². The molecular formula is C21H26N2O4S. The summed E-state index contributed by atoms with van der Waals surface area (Å²) in [5, 5.41) is 2.97. The van der Waals surface area contributed by atoms with E-state index >= 15 is 0 Å². The molecule has 1 amide bonds. The van der Waals surface area contributed by atoms with Crippen molar-refractivity contribution in [3.05, 3.63) is 59.2 Å². The normalized spacial score (nSPS) is 17.0. The highest BCUT2D eigenvalue weighted by molar-refractivity contribution is 7.92. The second-order valence-corrected chi connectivity index (χ2v) is 9.08. The lowest BCUT2D eigenvalue weighted by Crippen LogP contribution is -2.38. The average molecular weight is 403 g/mol. The van der Waals surface area contributed by atoms with E-state index in [2.05, 4.69) is 5.32 Å². The van der Waals surface area contributed by atoms with Crippen LogP contribution in [-0.2, 0) is 10.0 Å². The van der Waals surface area contributed by atoms with E-state index in [-0.39, 0.29) is 17.7 Å². The predicted octanol–water partition coefficient (Wildman–Crippen LogP) is 3.42. The summed E-state index contributed by atoms with van der Waals surface area (Å²) in [4.78, 5) is 12.8. The fourth-order valence-corrected chi connectivity index (χ4v) is 5.03. The van der Waals surface area contributed by atoms with E-state index in [0.29, 0.717) is 24.2 Å². The summed E-state index contributed by atoms with van der Waals surface area (Å²) in [6, 6.07) is 12.5. The number of carbonyl (C=O) groups is 1. The van der Waals surface area contributed by atoms with Gasteiger partial charge in [0.15, 0.2) is 0 Å². The van der Waals surface area contributed by atoms with E-state index in [1.165, 1.54) is 4.31 Å². The number of sulfonamides is 1. The maximum absolute atomic E-state index is 12.8. The summed E-state index contributed by atoms with van der Waals surface area (Å²) in [6.07, 6.45) is 1.50. The minimum Gasteiger partial charge on any atom is -0.497 e. The summed E-state index contributed by atoms with van der Waals surface area (Å²) in [7, 11) is -1.72. The lowest BCUT2D eigenvalue weighted by atomic mass is 10.1. The number of amides is 1. The van der Waals surface area contributed by atoms with Crippen molar-refractivity contribution in [2.24, 2.45) is 0 Å². The van der Waals surface area contributed by atoms with Crippen LogP contribution in [0, 0.1) is 6.92 Å². The highest BCUT2D eigenvalue weighted by atomic mass is 32.2. The summed E-state index contributed by atoms with van der Waals surface area (Å²) >= 11 is 0. The monoisotopic (exact) mass is 402 g/mol. The van der Waals surface area contributed by atoms with E-state index < -0.39 is 10.0 Å². The van der Waals surface area contributed by atoms with Crippen LogP contribution in [0.3, 0.4) is 0 Å². The molecule has 7 heteroatoms. The standard InChI is InChI=1S/C21H26N2O4S/c1-15-6-7-18(14-20(15)23-12-4-5-13-28(23,25)26)21(24)22-16(2)17-8-10-19(27-3)11-9-17/h6-11,14,16H,4-5,12-13H2,1-3H3,(H,22,24)/t16-/m0/s1. The Balaban J connectivity index is 1.80. The smallest absolute Gasteiger partial charge is 0.251 e. The van der Waals surface area contributed by atoms with Crippen molar-refractivity contribution in [1.82, 2.24) is 5.32 Å². The number of carbonyl (C=O) groups excluding carboxylic acids is 1. The molecule has 1 aliphatic heterocycles. The number of hydrogen-bond acceptors (Lipinski definition) is 4. The van der Waals surface area contributed by atoms with Gasteiger partial charge in [0.2, 0.25) is 10.0 Å². The number of benzene rings is 2. The third-order valence-corrected chi connectivity index (χ3v) is 6.91. The fourth-order valence-electron chi connectivity index (χ4n) is 3.33. The molecule has 3 rings (SSSR count). The number of ether oxygens (including phenoxy) is 1. The van der Waals surface area contributed by atoms with E-state index in [9.17, 15) is 13.2 Å². The Labute approximate surface area is 166 Å². The molecule has 0 aromatic heterocycles. The van der Waals surface area contributed by atoms with Gasteiger partial charge in [-0.25, -0.2) is 8.42 Å². The number of methoxy groups -OCH3 is 1. The maximum atomic E-state index is 12.8. The number of hydrogen-bond donors (Lipinski definition) is 1. The van der Waals surface area contributed by atoms with Crippen molar-refractivity contribution in [3.63, 3.8) is 0 Å². The van der Waals surface area contributed by atoms with Crippen LogP contribution in [0.25, 0.3) is 0 Å². The van der Waals surface area contributed by atoms with Gasteiger partial charge in [-0.3, -0.25) is 9.10 Å². The van der Waals surface area contributed by atoms with Crippen molar-refractivity contribution >= 4 is 21.6 Å². The SMILES string of the molecule is COc1ccc([C@H](C)NC(=O)c2ccc(C)c(N3CCCCS3(=O)=O)c2)cc1. The van der Waals surface area contributed by atoms with Crippen molar-refractivity contribution in [3.8, 4) is 5.75 Å². The van der Waals surface area contributed by atoms with E-state index in [1.807, 2.05) is 38.1 Å². The van der Waals surface area contributed by atoms with Gasteiger partial charge in [0.05, 0.1) is 24.6 Å². The van der Waals surface area contributed by atoms with Gasteiger partial charge in [0.1, 0.15) is 5.75 Å². The zero-order chi connectivity index (χ0) is 20.3. The Morgan fingerprint density at radius 3 is 2.50 bits per heavy atom. The first kappa shape index (κ1) is 20.2. The van der Waals surface area contributed by atoms with Gasteiger partial charge < -0.3 is 10.1 Å². The van der Waals surface area contributed by atoms with Crippen LogP contribution in [0.4, 0.5) is 5.69 Å². The van der Waals surface area contributed by atoms with E-state index in [0.717, 1.165) is 23.3 Å². The molecule has 1 saturated heterocycles. The third-order valence-electron chi connectivity index (χ3n) is 5.05. The molecule has 0 unspecified atom stereocenters. The lowest BCUT2D eigenvalue weighted by Gasteiger charge is -2.29. The lowest BCUT2D eigenvalue weighted by molar-refractivity contribution is 0.0940. The Bertz CT molecular complexity index is 955. The highest BCUT2D eigenvalue weighted by Gasteiger charge is 2.27. The van der Waals surface area contributed by atoms with Crippen LogP contribution >= 0.6 is 0 Å². The second kappa shape index (κ2) is 8.22. The number of anilines is 1. The van der Waals surface area contributed by atoms with Gasteiger partial charge in [-0.1, -0.05) is 18.2 Å². The molecule has 0 spiro atoms. The summed E-state index contributed by atoms with van der Waals surface area (Å²) in [6.45, 7) is 4.22. The molecule has 2 aromatic carbocycles. The molecule has 0 saturated carbocycles.